The molecule has 2 aromatic carbocycles. The van der Waals surface area contributed by atoms with Gasteiger partial charge in [-0.3, -0.25) is 10.1 Å². The number of ether oxygens (including phenoxy) is 11. The van der Waals surface area contributed by atoms with Crippen LogP contribution >= 0.6 is 11.8 Å². The predicted octanol–water partition coefficient (Wildman–Crippen LogP) is 9.27. The number of carbonyl (C=O) groups is 2. The maximum atomic E-state index is 14.3. The molecule has 3 aromatic rings. The molecule has 7 heterocycles. The Morgan fingerprint density at radius 1 is 0.892 bits per heavy atom. The first kappa shape index (κ1) is 62.7. The van der Waals surface area contributed by atoms with Gasteiger partial charge >= 0.3 is 12.1 Å². The lowest BCUT2D eigenvalue weighted by atomic mass is 9.71. The van der Waals surface area contributed by atoms with E-state index in [-0.39, 0.29) is 42.7 Å². The van der Waals surface area contributed by atoms with Gasteiger partial charge in [0.1, 0.15) is 42.0 Å². The number of methoxy groups -OCH3 is 3. The number of nitrogens with zero attached hydrogens (tertiary/aromatic N) is 1. The van der Waals surface area contributed by atoms with Crippen LogP contribution in [0.5, 0.6) is 0 Å². The smallest absolute Gasteiger partial charge is 0.413 e. The molecular formula is C63H85N3O16S. The number of allylic oxidation sites excluding steroid dienone is 2. The van der Waals surface area contributed by atoms with E-state index in [0.29, 0.717) is 49.2 Å². The Balaban J connectivity index is 0.000000328. The monoisotopic (exact) mass is 1170 g/mol. The summed E-state index contributed by atoms with van der Waals surface area (Å²) >= 11 is 1.67. The van der Waals surface area contributed by atoms with Gasteiger partial charge in [0, 0.05) is 61.5 Å². The number of benzene rings is 2. The van der Waals surface area contributed by atoms with Crippen LogP contribution in [0.25, 0.3) is 11.0 Å². The predicted molar refractivity (Wildman–Crippen MR) is 310 cm³/mol. The molecule has 4 saturated heterocycles. The van der Waals surface area contributed by atoms with Crippen molar-refractivity contribution in [2.24, 2.45) is 23.7 Å². The average molecular weight is 1170 g/mol. The van der Waals surface area contributed by atoms with Gasteiger partial charge in [0.05, 0.1) is 67.5 Å². The first-order valence-corrected chi connectivity index (χ1v) is 30.0. The molecule has 4 fully saturated rings. The lowest BCUT2D eigenvalue weighted by Crippen LogP contribution is -2.58. The van der Waals surface area contributed by atoms with E-state index in [1.807, 2.05) is 68.5 Å². The van der Waals surface area contributed by atoms with Gasteiger partial charge in [-0.1, -0.05) is 101 Å². The van der Waals surface area contributed by atoms with E-state index in [1.54, 1.807) is 52.0 Å². The average Bonchev–Trinajstić information content (AvgIpc) is 3.05. The number of imidazole rings is 1. The van der Waals surface area contributed by atoms with Gasteiger partial charge < -0.3 is 72.4 Å². The third kappa shape index (κ3) is 14.2. The first-order valence-electron chi connectivity index (χ1n) is 29.2. The minimum atomic E-state index is -1.84. The highest BCUT2D eigenvalue weighted by Crippen LogP contribution is 2.47. The number of esters is 1. The van der Waals surface area contributed by atoms with Gasteiger partial charge in [0.2, 0.25) is 5.95 Å². The molecule has 0 saturated carbocycles. The molecule has 19 nitrogen and oxygen atoms in total. The summed E-state index contributed by atoms with van der Waals surface area (Å²) in [6.45, 7) is 16.1. The highest BCUT2D eigenvalue weighted by Gasteiger charge is 2.60. The Hall–Kier alpha value is -4.78. The number of fused-ring (bicyclic) bond motifs is 3. The number of carbonyl (C=O) groups excluding carboxylic acids is 2. The van der Waals surface area contributed by atoms with Crippen LogP contribution in [-0.2, 0) is 56.9 Å². The van der Waals surface area contributed by atoms with Crippen LogP contribution < -0.4 is 5.32 Å². The molecule has 2 bridgehead atoms. The molecule has 7 aliphatic rings. The van der Waals surface area contributed by atoms with Crippen LogP contribution in [0.15, 0.2) is 118 Å². The zero-order valence-electron chi connectivity index (χ0n) is 49.5. The van der Waals surface area contributed by atoms with Crippen LogP contribution in [-0.4, -0.2) is 163 Å². The van der Waals surface area contributed by atoms with Crippen LogP contribution in [0.1, 0.15) is 93.9 Å². The summed E-state index contributed by atoms with van der Waals surface area (Å²) in [7, 11) is 4.53. The summed E-state index contributed by atoms with van der Waals surface area (Å²) in [6, 6.07) is 16.1. The van der Waals surface area contributed by atoms with Gasteiger partial charge in [-0.05, 0) is 93.2 Å². The highest BCUT2D eigenvalue weighted by molar-refractivity contribution is 7.99. The topological polar surface area (TPSA) is 237 Å². The highest BCUT2D eigenvalue weighted by atomic mass is 32.2. The Bertz CT molecular complexity index is 2860. The number of rotatable bonds is 11. The summed E-state index contributed by atoms with van der Waals surface area (Å²) in [5.74, 6) is -2.19. The van der Waals surface area contributed by atoms with E-state index in [0.717, 1.165) is 27.9 Å². The van der Waals surface area contributed by atoms with Crippen molar-refractivity contribution in [1.29, 1.82) is 0 Å². The quantitative estimate of drug-likeness (QED) is 0.0888. The number of anilines is 1. The van der Waals surface area contributed by atoms with Crippen molar-refractivity contribution in [1.82, 2.24) is 9.97 Å². The molecule has 1 aliphatic carbocycles. The summed E-state index contributed by atoms with van der Waals surface area (Å²) in [6.07, 6.45) is 8.00. The summed E-state index contributed by atoms with van der Waals surface area (Å²) in [5.41, 5.74) is 1.79. The zero-order valence-corrected chi connectivity index (χ0v) is 50.3. The molecule has 1 spiro atoms. The first-order chi connectivity index (χ1) is 39.7. The molecule has 20 atom stereocenters. The minimum absolute atomic E-state index is 0.0317. The van der Waals surface area contributed by atoms with Crippen LogP contribution in [0.4, 0.5) is 10.7 Å². The molecule has 6 aliphatic heterocycles. The van der Waals surface area contributed by atoms with Crippen molar-refractivity contribution in [3.63, 3.8) is 0 Å². The van der Waals surface area contributed by atoms with E-state index < -0.39 is 96.9 Å². The van der Waals surface area contributed by atoms with E-state index in [9.17, 15) is 24.9 Å². The second kappa shape index (κ2) is 27.3. The number of aromatic amines is 1. The second-order valence-corrected chi connectivity index (χ2v) is 24.4. The number of aromatic nitrogens is 2. The lowest BCUT2D eigenvalue weighted by molar-refractivity contribution is -0.318. The van der Waals surface area contributed by atoms with Gasteiger partial charge in [-0.2, -0.15) is 0 Å². The molecule has 83 heavy (non-hydrogen) atoms. The SMILES string of the molecule is CCC(C)C1OC2(C=CC1C)CC1CC(CC=C(C)C(OC3CC(OC)C(OC4CC(OC)C(O)C(C)O4)C(C)O3)C(C)C=CC=C3COC4C(O)C(C)=CC(C(=O)O1)C34O)O2.COC(=O)Nc1nc2ccc(Sc3ccccc3)cc2[nH]1. The Morgan fingerprint density at radius 3 is 2.36 bits per heavy atom. The standard InChI is InChI=1S/C48H72O14.C15H13N3O2S/c1-11-25(2)43-28(5)17-18-47(62-43)23-34-20-33(61-47)16-15-27(4)42(26(3)13-12-14-32-24-55-45-40(49)29(6)19-35(46(51)58-34)48(32,45)52)59-39-22-37(54-10)44(31(8)57-39)60-38-21-36(53-9)41(50)30(7)56-38;1-20-15(19)18-14-16-12-8-7-11(9-13(12)17-14)21-10-5-3-2-4-6-10/h12-15,17-19,25-26,28,30-31,33-45,49-50,52H,11,16,20-24H2,1-10H3;2-9H,1H3,(H2,16,17,18,19). The van der Waals surface area contributed by atoms with Crippen LogP contribution in [0, 0.1) is 23.7 Å². The van der Waals surface area contributed by atoms with Gasteiger partial charge in [0.25, 0.3) is 0 Å². The number of aliphatic hydroxyl groups excluding tert-OH is 2. The van der Waals surface area contributed by atoms with E-state index in [1.165, 1.54) is 12.0 Å². The minimum Gasteiger partial charge on any atom is -0.462 e. The molecule has 1 amide bonds. The molecule has 20 heteroatoms. The fourth-order valence-corrected chi connectivity index (χ4v) is 13.3. The van der Waals surface area contributed by atoms with Crippen molar-refractivity contribution in [2.45, 2.75) is 201 Å². The summed E-state index contributed by atoms with van der Waals surface area (Å²) in [5, 5.41) is 36.7. The zero-order chi connectivity index (χ0) is 59.3. The normalized spacial score (nSPS) is 37.7. The van der Waals surface area contributed by atoms with Crippen molar-refractivity contribution in [3.8, 4) is 0 Å². The van der Waals surface area contributed by atoms with Crippen LogP contribution in [0.3, 0.4) is 0 Å². The van der Waals surface area contributed by atoms with E-state index >= 15 is 0 Å². The number of nitrogens with one attached hydrogen (secondary N) is 2. The Labute approximate surface area is 491 Å². The van der Waals surface area contributed by atoms with Crippen LogP contribution in [0.2, 0.25) is 0 Å². The van der Waals surface area contributed by atoms with Crippen molar-refractivity contribution < 1.29 is 77.0 Å². The van der Waals surface area contributed by atoms with Crippen molar-refractivity contribution in [3.05, 3.63) is 108 Å². The summed E-state index contributed by atoms with van der Waals surface area (Å²) in [4.78, 5) is 35.1. The van der Waals surface area contributed by atoms with Gasteiger partial charge in [-0.15, -0.1) is 0 Å². The largest absolute Gasteiger partial charge is 0.462 e. The second-order valence-electron chi connectivity index (χ2n) is 23.3. The molecule has 10 rings (SSSR count). The molecule has 1 aromatic heterocycles. The number of hydrogen-bond donors (Lipinski definition) is 5. The third-order valence-corrected chi connectivity index (χ3v) is 18.3. The van der Waals surface area contributed by atoms with Crippen molar-refractivity contribution >= 4 is 40.8 Å². The van der Waals surface area contributed by atoms with Crippen molar-refractivity contribution in [2.75, 3.05) is 33.3 Å². The molecular weight excluding hydrogens is 1090 g/mol. The fourth-order valence-electron chi connectivity index (χ4n) is 12.4. The number of hydrogen-bond acceptors (Lipinski definition) is 18. The number of aliphatic hydroxyl groups is 3. The maximum absolute atomic E-state index is 14.3. The maximum Gasteiger partial charge on any atom is 0.413 e. The molecule has 5 N–H and O–H groups in total. The van der Waals surface area contributed by atoms with Gasteiger partial charge in [0.15, 0.2) is 18.4 Å². The summed E-state index contributed by atoms with van der Waals surface area (Å²) < 4.78 is 68.2. The molecule has 454 valence electrons. The molecule has 0 radical (unpaired) electrons. The van der Waals surface area contributed by atoms with E-state index in [2.05, 4.69) is 72.0 Å². The lowest BCUT2D eigenvalue weighted by Gasteiger charge is -2.48. The Kier molecular flexibility index (Phi) is 20.6. The van der Waals surface area contributed by atoms with E-state index in [4.69, 9.17) is 47.4 Å². The Morgan fingerprint density at radius 2 is 1.63 bits per heavy atom. The third-order valence-electron chi connectivity index (χ3n) is 17.3. The molecule has 20 unspecified atom stereocenters. The van der Waals surface area contributed by atoms with Gasteiger partial charge in [-0.25, -0.2) is 9.78 Å². The number of H-pyrrole nitrogens is 1. The fraction of sp³-hybridized carbons (Fsp3) is 0.603. The number of amides is 1.